The fraction of sp³-hybridized carbons (Fsp3) is 0.385. The van der Waals surface area contributed by atoms with E-state index in [9.17, 15) is 14.0 Å². The summed E-state index contributed by atoms with van der Waals surface area (Å²) in [6.07, 6.45) is 0.642. The molecule has 0 spiro atoms. The number of amides is 2. The van der Waals surface area contributed by atoms with Crippen LogP contribution in [0.15, 0.2) is 24.3 Å². The van der Waals surface area contributed by atoms with Crippen LogP contribution < -0.4 is 10.6 Å². The molecule has 0 saturated carbocycles. The average Bonchev–Trinajstić information content (AvgIpc) is 2.70. The van der Waals surface area contributed by atoms with Gasteiger partial charge in [-0.05, 0) is 31.0 Å². The van der Waals surface area contributed by atoms with Gasteiger partial charge in [0.15, 0.2) is 0 Å². The average molecular weight is 266 g/mol. The van der Waals surface area contributed by atoms with Gasteiger partial charge in [-0.2, -0.15) is 0 Å². The SMILES string of the molecule is NC(=O)CCC[C@H]1CN(c2cccc(F)c2)C(=O)O1. The fourth-order valence-corrected chi connectivity index (χ4v) is 2.03. The van der Waals surface area contributed by atoms with Crippen molar-refractivity contribution in [3.63, 3.8) is 0 Å². The van der Waals surface area contributed by atoms with Crippen LogP contribution in [0.2, 0.25) is 0 Å². The van der Waals surface area contributed by atoms with Crippen LogP contribution in [0.25, 0.3) is 0 Å². The number of cyclic esters (lactones) is 1. The van der Waals surface area contributed by atoms with Gasteiger partial charge in [0.25, 0.3) is 0 Å². The van der Waals surface area contributed by atoms with Crippen molar-refractivity contribution in [1.82, 2.24) is 0 Å². The van der Waals surface area contributed by atoms with Crippen molar-refractivity contribution in [2.24, 2.45) is 5.73 Å². The Labute approximate surface area is 110 Å². The van der Waals surface area contributed by atoms with Crippen LogP contribution in [0.1, 0.15) is 19.3 Å². The molecule has 0 bridgehead atoms. The lowest BCUT2D eigenvalue weighted by Crippen LogP contribution is -2.24. The maximum Gasteiger partial charge on any atom is 0.414 e. The Bertz CT molecular complexity index is 493. The van der Waals surface area contributed by atoms with E-state index in [1.165, 1.54) is 17.0 Å². The van der Waals surface area contributed by atoms with E-state index in [4.69, 9.17) is 10.5 Å². The third-order valence-corrected chi connectivity index (χ3v) is 2.94. The molecule has 6 heteroatoms. The molecule has 1 aliphatic heterocycles. The lowest BCUT2D eigenvalue weighted by Gasteiger charge is -2.12. The highest BCUT2D eigenvalue weighted by molar-refractivity contribution is 5.89. The zero-order valence-electron chi connectivity index (χ0n) is 10.3. The molecule has 19 heavy (non-hydrogen) atoms. The van der Waals surface area contributed by atoms with E-state index in [1.54, 1.807) is 12.1 Å². The molecule has 0 aromatic heterocycles. The van der Waals surface area contributed by atoms with Gasteiger partial charge >= 0.3 is 6.09 Å². The molecule has 1 heterocycles. The molecule has 1 saturated heterocycles. The summed E-state index contributed by atoms with van der Waals surface area (Å²) < 4.78 is 18.3. The molecule has 0 radical (unpaired) electrons. The Hall–Kier alpha value is -2.11. The van der Waals surface area contributed by atoms with Gasteiger partial charge in [0.05, 0.1) is 12.2 Å². The number of benzene rings is 1. The molecule has 2 amide bonds. The molecular weight excluding hydrogens is 251 g/mol. The highest BCUT2D eigenvalue weighted by atomic mass is 19.1. The maximum atomic E-state index is 13.1. The smallest absolute Gasteiger partial charge is 0.414 e. The van der Waals surface area contributed by atoms with Gasteiger partial charge in [-0.3, -0.25) is 9.69 Å². The Morgan fingerprint density at radius 2 is 2.32 bits per heavy atom. The minimum Gasteiger partial charge on any atom is -0.444 e. The Morgan fingerprint density at radius 3 is 3.00 bits per heavy atom. The zero-order valence-corrected chi connectivity index (χ0v) is 10.3. The zero-order chi connectivity index (χ0) is 13.8. The standard InChI is InChI=1S/C13H15FN2O3/c14-9-3-1-4-10(7-9)16-8-11(19-13(16)18)5-2-6-12(15)17/h1,3-4,7,11H,2,5-6,8H2,(H2,15,17)/t11-/m0/s1. The molecule has 2 rings (SSSR count). The molecule has 1 atom stereocenters. The minimum absolute atomic E-state index is 0.272. The molecule has 5 nitrogen and oxygen atoms in total. The Kier molecular flexibility index (Phi) is 3.99. The summed E-state index contributed by atoms with van der Waals surface area (Å²) in [4.78, 5) is 23.7. The van der Waals surface area contributed by atoms with Crippen LogP contribution in [-0.4, -0.2) is 24.6 Å². The van der Waals surface area contributed by atoms with Crippen molar-refractivity contribution in [1.29, 1.82) is 0 Å². The summed E-state index contributed by atoms with van der Waals surface area (Å²) in [7, 11) is 0. The van der Waals surface area contributed by atoms with Crippen molar-refractivity contribution in [3.05, 3.63) is 30.1 Å². The first-order chi connectivity index (χ1) is 9.06. The number of primary amides is 1. The molecule has 1 fully saturated rings. The quantitative estimate of drug-likeness (QED) is 0.883. The molecule has 1 aromatic carbocycles. The van der Waals surface area contributed by atoms with Gasteiger partial charge in [0.2, 0.25) is 5.91 Å². The van der Waals surface area contributed by atoms with E-state index in [0.717, 1.165) is 0 Å². The number of hydrogen-bond donors (Lipinski definition) is 1. The van der Waals surface area contributed by atoms with Gasteiger partial charge in [0.1, 0.15) is 11.9 Å². The second kappa shape index (κ2) is 5.69. The lowest BCUT2D eigenvalue weighted by molar-refractivity contribution is -0.118. The number of hydrogen-bond acceptors (Lipinski definition) is 3. The Morgan fingerprint density at radius 1 is 1.53 bits per heavy atom. The summed E-state index contributed by atoms with van der Waals surface area (Å²) in [5, 5.41) is 0. The second-order valence-electron chi connectivity index (χ2n) is 4.45. The monoisotopic (exact) mass is 266 g/mol. The van der Waals surface area contributed by atoms with Crippen molar-refractivity contribution in [2.75, 3.05) is 11.4 Å². The largest absolute Gasteiger partial charge is 0.444 e. The summed E-state index contributed by atoms with van der Waals surface area (Å²) >= 11 is 0. The van der Waals surface area contributed by atoms with E-state index in [2.05, 4.69) is 0 Å². The third-order valence-electron chi connectivity index (χ3n) is 2.94. The first kappa shape index (κ1) is 13.3. The van der Waals surface area contributed by atoms with Crippen molar-refractivity contribution in [3.8, 4) is 0 Å². The molecule has 0 aliphatic carbocycles. The van der Waals surface area contributed by atoms with E-state index < -0.39 is 11.9 Å². The second-order valence-corrected chi connectivity index (χ2v) is 4.45. The predicted molar refractivity (Wildman–Crippen MR) is 67.1 cm³/mol. The van der Waals surface area contributed by atoms with Crippen molar-refractivity contribution < 1.29 is 18.7 Å². The maximum absolute atomic E-state index is 13.1. The first-order valence-electron chi connectivity index (χ1n) is 6.08. The normalized spacial score (nSPS) is 18.5. The highest BCUT2D eigenvalue weighted by Gasteiger charge is 2.32. The van der Waals surface area contributed by atoms with Crippen LogP contribution in [-0.2, 0) is 9.53 Å². The summed E-state index contributed by atoms with van der Waals surface area (Å²) in [5.74, 6) is -0.770. The fourth-order valence-electron chi connectivity index (χ4n) is 2.03. The van der Waals surface area contributed by atoms with Gasteiger partial charge in [0, 0.05) is 6.42 Å². The number of carbonyl (C=O) groups excluding carboxylic acids is 2. The number of anilines is 1. The van der Waals surface area contributed by atoms with Crippen LogP contribution in [0.3, 0.4) is 0 Å². The summed E-state index contributed by atoms with van der Waals surface area (Å²) in [6.45, 7) is 0.362. The van der Waals surface area contributed by atoms with E-state index in [1.807, 2.05) is 0 Å². The summed E-state index contributed by atoms with van der Waals surface area (Å²) in [5.41, 5.74) is 5.52. The van der Waals surface area contributed by atoms with Crippen LogP contribution >= 0.6 is 0 Å². The van der Waals surface area contributed by atoms with E-state index >= 15 is 0 Å². The van der Waals surface area contributed by atoms with Gasteiger partial charge in [-0.1, -0.05) is 6.07 Å². The van der Waals surface area contributed by atoms with Crippen LogP contribution in [0, 0.1) is 5.82 Å². The summed E-state index contributed by atoms with van der Waals surface area (Å²) in [6, 6.07) is 5.79. The third kappa shape index (κ3) is 3.43. The number of carbonyl (C=O) groups is 2. The van der Waals surface area contributed by atoms with E-state index in [0.29, 0.717) is 25.1 Å². The molecule has 1 aromatic rings. The lowest BCUT2D eigenvalue weighted by atomic mass is 10.1. The van der Waals surface area contributed by atoms with Crippen LogP contribution in [0.4, 0.5) is 14.9 Å². The van der Waals surface area contributed by atoms with Gasteiger partial charge in [-0.25, -0.2) is 9.18 Å². The number of nitrogens with zero attached hydrogens (tertiary/aromatic N) is 1. The number of rotatable bonds is 5. The molecule has 102 valence electrons. The number of halogens is 1. The number of ether oxygens (including phenoxy) is 1. The molecule has 1 aliphatic rings. The predicted octanol–water partition coefficient (Wildman–Crippen LogP) is 1.81. The van der Waals surface area contributed by atoms with Gasteiger partial charge in [-0.15, -0.1) is 0 Å². The Balaban J connectivity index is 1.94. The molecule has 2 N–H and O–H groups in total. The van der Waals surface area contributed by atoms with Crippen LogP contribution in [0.5, 0.6) is 0 Å². The first-order valence-corrected chi connectivity index (χ1v) is 6.08. The highest BCUT2D eigenvalue weighted by Crippen LogP contribution is 2.24. The minimum atomic E-state index is -0.491. The van der Waals surface area contributed by atoms with Crippen molar-refractivity contribution >= 4 is 17.7 Å². The van der Waals surface area contributed by atoms with E-state index in [-0.39, 0.29) is 18.4 Å². The number of nitrogens with two attached hydrogens (primary N) is 1. The molecule has 0 unspecified atom stereocenters. The van der Waals surface area contributed by atoms with Crippen molar-refractivity contribution in [2.45, 2.75) is 25.4 Å². The molecular formula is C13H15FN2O3. The topological polar surface area (TPSA) is 72.6 Å². The van der Waals surface area contributed by atoms with Gasteiger partial charge < -0.3 is 10.5 Å².